The van der Waals surface area contributed by atoms with Gasteiger partial charge in [0.05, 0.1) is 5.69 Å². The van der Waals surface area contributed by atoms with Crippen molar-refractivity contribution in [1.82, 2.24) is 14.7 Å². The number of aryl methyl sites for hydroxylation is 2. The van der Waals surface area contributed by atoms with Crippen LogP contribution in [0, 0.1) is 6.92 Å². The van der Waals surface area contributed by atoms with E-state index in [4.69, 9.17) is 9.47 Å². The highest BCUT2D eigenvalue weighted by molar-refractivity contribution is 5.92. The van der Waals surface area contributed by atoms with Gasteiger partial charge in [0, 0.05) is 19.6 Å². The number of amides is 1. The number of aromatic nitrogens is 2. The SMILES string of the molecule is CCn1nc(C)cc1C(=O)N(Cc1ccccc1)Cc1ccc2c(c1)OCO2. The molecule has 0 bridgehead atoms. The van der Waals surface area contributed by atoms with Crippen LogP contribution in [0.5, 0.6) is 11.5 Å². The van der Waals surface area contributed by atoms with E-state index in [0.29, 0.717) is 25.3 Å². The molecular formula is C22H23N3O3. The van der Waals surface area contributed by atoms with Gasteiger partial charge in [-0.05, 0) is 43.2 Å². The molecule has 0 atom stereocenters. The average molecular weight is 377 g/mol. The summed E-state index contributed by atoms with van der Waals surface area (Å²) in [5.41, 5.74) is 3.52. The molecule has 0 unspecified atom stereocenters. The van der Waals surface area contributed by atoms with Crippen LogP contribution in [-0.4, -0.2) is 27.4 Å². The number of benzene rings is 2. The lowest BCUT2D eigenvalue weighted by Gasteiger charge is -2.23. The molecule has 1 amide bonds. The monoisotopic (exact) mass is 377 g/mol. The van der Waals surface area contributed by atoms with Crippen molar-refractivity contribution < 1.29 is 14.3 Å². The van der Waals surface area contributed by atoms with E-state index in [0.717, 1.165) is 28.3 Å². The van der Waals surface area contributed by atoms with Gasteiger partial charge in [-0.3, -0.25) is 9.48 Å². The van der Waals surface area contributed by atoms with Crippen molar-refractivity contribution >= 4 is 5.91 Å². The second kappa shape index (κ2) is 7.76. The summed E-state index contributed by atoms with van der Waals surface area (Å²) in [5.74, 6) is 1.42. The third-order valence-electron chi connectivity index (χ3n) is 4.73. The van der Waals surface area contributed by atoms with Gasteiger partial charge < -0.3 is 14.4 Å². The second-order valence-corrected chi connectivity index (χ2v) is 6.82. The summed E-state index contributed by atoms with van der Waals surface area (Å²) in [6.07, 6.45) is 0. The van der Waals surface area contributed by atoms with Crippen molar-refractivity contribution in [3.8, 4) is 11.5 Å². The van der Waals surface area contributed by atoms with Crippen LogP contribution in [0.15, 0.2) is 54.6 Å². The fourth-order valence-corrected chi connectivity index (χ4v) is 3.38. The maximum atomic E-state index is 13.4. The molecule has 6 heteroatoms. The Morgan fingerprint density at radius 2 is 1.79 bits per heavy atom. The molecule has 144 valence electrons. The zero-order chi connectivity index (χ0) is 19.5. The minimum Gasteiger partial charge on any atom is -0.454 e. The number of carbonyl (C=O) groups is 1. The first-order valence-corrected chi connectivity index (χ1v) is 9.40. The van der Waals surface area contributed by atoms with Gasteiger partial charge >= 0.3 is 0 Å². The molecule has 0 aliphatic carbocycles. The van der Waals surface area contributed by atoms with Crippen molar-refractivity contribution in [3.63, 3.8) is 0 Å². The van der Waals surface area contributed by atoms with Gasteiger partial charge in [0.1, 0.15) is 5.69 Å². The first-order valence-electron chi connectivity index (χ1n) is 9.40. The Balaban J connectivity index is 1.64. The van der Waals surface area contributed by atoms with Gasteiger partial charge in [-0.2, -0.15) is 5.10 Å². The number of rotatable bonds is 6. The van der Waals surface area contributed by atoms with Gasteiger partial charge in [-0.25, -0.2) is 0 Å². The molecule has 0 saturated heterocycles. The van der Waals surface area contributed by atoms with Gasteiger partial charge in [0.15, 0.2) is 11.5 Å². The van der Waals surface area contributed by atoms with Crippen molar-refractivity contribution in [3.05, 3.63) is 77.1 Å². The van der Waals surface area contributed by atoms with E-state index in [1.807, 2.05) is 73.3 Å². The third-order valence-corrected chi connectivity index (χ3v) is 4.73. The predicted octanol–water partition coefficient (Wildman–Crippen LogP) is 3.78. The second-order valence-electron chi connectivity index (χ2n) is 6.82. The highest BCUT2D eigenvalue weighted by Crippen LogP contribution is 2.33. The molecule has 2 heterocycles. The molecule has 1 aromatic heterocycles. The van der Waals surface area contributed by atoms with E-state index >= 15 is 0 Å². The number of nitrogens with zero attached hydrogens (tertiary/aromatic N) is 3. The van der Waals surface area contributed by atoms with Crippen LogP contribution >= 0.6 is 0 Å². The third kappa shape index (κ3) is 3.71. The van der Waals surface area contributed by atoms with E-state index in [2.05, 4.69) is 5.10 Å². The molecule has 0 radical (unpaired) electrons. The Morgan fingerprint density at radius 3 is 2.57 bits per heavy atom. The predicted molar refractivity (Wildman–Crippen MR) is 105 cm³/mol. The average Bonchev–Trinajstić information content (AvgIpc) is 3.33. The summed E-state index contributed by atoms with van der Waals surface area (Å²) in [6, 6.07) is 17.7. The van der Waals surface area contributed by atoms with Gasteiger partial charge in [-0.1, -0.05) is 36.4 Å². The fraction of sp³-hybridized carbons (Fsp3) is 0.273. The largest absolute Gasteiger partial charge is 0.454 e. The molecule has 1 aliphatic rings. The zero-order valence-electron chi connectivity index (χ0n) is 16.1. The Kier molecular flexibility index (Phi) is 5.02. The molecule has 0 saturated carbocycles. The maximum absolute atomic E-state index is 13.4. The van der Waals surface area contributed by atoms with Crippen LogP contribution in [0.2, 0.25) is 0 Å². The number of hydrogen-bond acceptors (Lipinski definition) is 4. The summed E-state index contributed by atoms with van der Waals surface area (Å²) in [7, 11) is 0. The molecule has 28 heavy (non-hydrogen) atoms. The summed E-state index contributed by atoms with van der Waals surface area (Å²) in [4.78, 5) is 15.2. The van der Waals surface area contributed by atoms with Crippen molar-refractivity contribution in [1.29, 1.82) is 0 Å². The van der Waals surface area contributed by atoms with Gasteiger partial charge in [0.25, 0.3) is 5.91 Å². The molecule has 0 spiro atoms. The molecule has 0 fully saturated rings. The van der Waals surface area contributed by atoms with E-state index < -0.39 is 0 Å². The smallest absolute Gasteiger partial charge is 0.272 e. The summed E-state index contributed by atoms with van der Waals surface area (Å²) in [5, 5.41) is 4.43. The Hall–Kier alpha value is -3.28. The van der Waals surface area contributed by atoms with Crippen LogP contribution < -0.4 is 9.47 Å². The van der Waals surface area contributed by atoms with Crippen molar-refractivity contribution in [2.45, 2.75) is 33.5 Å². The lowest BCUT2D eigenvalue weighted by molar-refractivity contribution is 0.0717. The lowest BCUT2D eigenvalue weighted by Crippen LogP contribution is -2.31. The molecule has 2 aromatic carbocycles. The Morgan fingerprint density at radius 1 is 1.04 bits per heavy atom. The Labute approximate surface area is 164 Å². The molecule has 4 rings (SSSR count). The van der Waals surface area contributed by atoms with Gasteiger partial charge in [-0.15, -0.1) is 0 Å². The minimum absolute atomic E-state index is 0.0380. The number of fused-ring (bicyclic) bond motifs is 1. The number of carbonyl (C=O) groups excluding carboxylic acids is 1. The normalized spacial score (nSPS) is 12.2. The highest BCUT2D eigenvalue weighted by atomic mass is 16.7. The van der Waals surface area contributed by atoms with Crippen LogP contribution in [0.1, 0.15) is 34.2 Å². The number of ether oxygens (including phenoxy) is 2. The fourth-order valence-electron chi connectivity index (χ4n) is 3.38. The maximum Gasteiger partial charge on any atom is 0.272 e. The Bertz CT molecular complexity index is 982. The molecular weight excluding hydrogens is 354 g/mol. The molecule has 0 N–H and O–H groups in total. The standard InChI is InChI=1S/C22H23N3O3/c1-3-25-19(11-16(2)23-25)22(26)24(13-17-7-5-4-6-8-17)14-18-9-10-20-21(12-18)28-15-27-20/h4-12H,3,13-15H2,1-2H3. The van der Waals surface area contributed by atoms with Crippen molar-refractivity contribution in [2.75, 3.05) is 6.79 Å². The number of hydrogen-bond donors (Lipinski definition) is 0. The lowest BCUT2D eigenvalue weighted by atomic mass is 10.1. The van der Waals surface area contributed by atoms with Crippen LogP contribution in [-0.2, 0) is 19.6 Å². The topological polar surface area (TPSA) is 56.6 Å². The molecule has 1 aliphatic heterocycles. The van der Waals surface area contributed by atoms with Gasteiger partial charge in [0.2, 0.25) is 6.79 Å². The quantitative estimate of drug-likeness (QED) is 0.656. The summed E-state index contributed by atoms with van der Waals surface area (Å²) in [6.45, 7) is 5.77. The summed E-state index contributed by atoms with van der Waals surface area (Å²) >= 11 is 0. The molecule has 3 aromatic rings. The van der Waals surface area contributed by atoms with Crippen molar-refractivity contribution in [2.24, 2.45) is 0 Å². The molecule has 6 nitrogen and oxygen atoms in total. The zero-order valence-corrected chi connectivity index (χ0v) is 16.1. The summed E-state index contributed by atoms with van der Waals surface area (Å²) < 4.78 is 12.6. The minimum atomic E-state index is -0.0380. The highest BCUT2D eigenvalue weighted by Gasteiger charge is 2.22. The van der Waals surface area contributed by atoms with E-state index in [1.54, 1.807) is 4.68 Å². The van der Waals surface area contributed by atoms with E-state index in [-0.39, 0.29) is 12.7 Å². The van der Waals surface area contributed by atoms with E-state index in [9.17, 15) is 4.79 Å². The first-order chi connectivity index (χ1) is 13.6. The first kappa shape index (κ1) is 18.1. The van der Waals surface area contributed by atoms with Crippen LogP contribution in [0.25, 0.3) is 0 Å². The van der Waals surface area contributed by atoms with Crippen LogP contribution in [0.3, 0.4) is 0 Å². The van der Waals surface area contributed by atoms with Crippen LogP contribution in [0.4, 0.5) is 0 Å². The van der Waals surface area contributed by atoms with E-state index in [1.165, 1.54) is 0 Å².